The second-order valence-electron chi connectivity index (χ2n) is 8.34. The fraction of sp³-hybridized carbons (Fsp3) is 0.789. The smallest absolute Gasteiger partial charge is 0.0724 e. The molecule has 0 radical (unpaired) electrons. The zero-order valence-electron chi connectivity index (χ0n) is 12.9. The van der Waals surface area contributed by atoms with Gasteiger partial charge in [0.1, 0.15) is 0 Å². The molecule has 0 saturated heterocycles. The van der Waals surface area contributed by atoms with Crippen molar-refractivity contribution in [2.75, 3.05) is 0 Å². The summed E-state index contributed by atoms with van der Waals surface area (Å²) in [5, 5.41) is 9.94. The predicted molar refractivity (Wildman–Crippen MR) is 82.2 cm³/mol. The first-order valence-corrected chi connectivity index (χ1v) is 8.61. The average Bonchev–Trinajstić information content (AvgIpc) is 2.81. The van der Waals surface area contributed by atoms with Crippen LogP contribution in [-0.4, -0.2) is 11.2 Å². The van der Waals surface area contributed by atoms with Gasteiger partial charge in [0, 0.05) is 5.41 Å². The van der Waals surface area contributed by atoms with Gasteiger partial charge in [0.15, 0.2) is 0 Å². The van der Waals surface area contributed by atoms with E-state index in [1.807, 2.05) is 0 Å². The van der Waals surface area contributed by atoms with Crippen molar-refractivity contribution in [1.82, 2.24) is 0 Å². The molecule has 0 spiro atoms. The van der Waals surface area contributed by atoms with Gasteiger partial charge in [0.25, 0.3) is 0 Å². The fourth-order valence-electron chi connectivity index (χ4n) is 6.08. The van der Waals surface area contributed by atoms with Crippen molar-refractivity contribution >= 4 is 0 Å². The molecule has 2 saturated carbocycles. The summed E-state index contributed by atoms with van der Waals surface area (Å²) in [7, 11) is 0. The minimum absolute atomic E-state index is 0.203. The number of hydrogen-bond donors (Lipinski definition) is 1. The monoisotopic (exact) mass is 272 g/mol. The molecule has 0 amide bonds. The highest BCUT2D eigenvalue weighted by atomic mass is 16.3. The van der Waals surface area contributed by atoms with Crippen molar-refractivity contribution in [2.24, 2.45) is 28.6 Å². The van der Waals surface area contributed by atoms with E-state index in [1.54, 1.807) is 5.57 Å². The van der Waals surface area contributed by atoms with Gasteiger partial charge in [-0.1, -0.05) is 44.1 Å². The van der Waals surface area contributed by atoms with Crippen molar-refractivity contribution in [3.8, 4) is 0 Å². The second-order valence-corrected chi connectivity index (χ2v) is 8.34. The van der Waals surface area contributed by atoms with E-state index in [1.165, 1.54) is 38.5 Å². The number of aliphatic hydroxyl groups excluding tert-OH is 1. The number of fused-ring (bicyclic) bond motifs is 5. The lowest BCUT2D eigenvalue weighted by molar-refractivity contribution is 0.0598. The van der Waals surface area contributed by atoms with Gasteiger partial charge >= 0.3 is 0 Å². The molecule has 0 heterocycles. The Balaban J connectivity index is 1.74. The molecular formula is C19H28O. The topological polar surface area (TPSA) is 20.2 Å². The third-order valence-electron chi connectivity index (χ3n) is 7.32. The highest BCUT2D eigenvalue weighted by molar-refractivity contribution is 5.33. The van der Waals surface area contributed by atoms with Crippen molar-refractivity contribution in [3.63, 3.8) is 0 Å². The first-order valence-electron chi connectivity index (χ1n) is 8.61. The molecule has 0 aromatic heterocycles. The van der Waals surface area contributed by atoms with Crippen LogP contribution in [0, 0.1) is 28.6 Å². The number of rotatable bonds is 0. The lowest BCUT2D eigenvalue weighted by Crippen LogP contribution is -2.45. The maximum atomic E-state index is 9.94. The molecule has 4 aliphatic carbocycles. The quantitative estimate of drug-likeness (QED) is 0.645. The van der Waals surface area contributed by atoms with Crippen LogP contribution in [-0.2, 0) is 0 Å². The largest absolute Gasteiger partial charge is 0.389 e. The van der Waals surface area contributed by atoms with Gasteiger partial charge < -0.3 is 5.11 Å². The van der Waals surface area contributed by atoms with Crippen LogP contribution in [0.1, 0.15) is 58.8 Å². The third kappa shape index (κ3) is 1.65. The molecule has 0 aromatic carbocycles. The lowest BCUT2D eigenvalue weighted by Gasteiger charge is -2.54. The molecule has 4 rings (SSSR count). The molecule has 4 aliphatic rings. The summed E-state index contributed by atoms with van der Waals surface area (Å²) in [6.07, 6.45) is 16.1. The SMILES string of the molecule is C[C@]12CC=C3[C@@H](CCC4CC(O)C=C[C@]34C)[C@@H]1CCC2. The standard InChI is InChI=1S/C19H28O/c1-18-9-3-4-16(18)15-6-5-13-12-14(20)7-11-19(13,2)17(15)8-10-18/h7-8,11,13-16,20H,3-6,9-10,12H2,1-2H3/t13?,14?,15-,16-,18-,19-/m0/s1. The Labute approximate surface area is 123 Å². The zero-order chi connectivity index (χ0) is 14.0. The highest BCUT2D eigenvalue weighted by Crippen LogP contribution is 2.62. The van der Waals surface area contributed by atoms with E-state index >= 15 is 0 Å². The van der Waals surface area contributed by atoms with Crippen molar-refractivity contribution in [1.29, 1.82) is 0 Å². The van der Waals surface area contributed by atoms with E-state index in [-0.39, 0.29) is 11.5 Å². The molecule has 6 atom stereocenters. The summed E-state index contributed by atoms with van der Waals surface area (Å²) in [6.45, 7) is 4.97. The van der Waals surface area contributed by atoms with Crippen LogP contribution >= 0.6 is 0 Å². The van der Waals surface area contributed by atoms with Crippen LogP contribution in [0.2, 0.25) is 0 Å². The van der Waals surface area contributed by atoms with Gasteiger partial charge in [-0.15, -0.1) is 0 Å². The summed E-state index contributed by atoms with van der Waals surface area (Å²) in [5.74, 6) is 2.42. The Hall–Kier alpha value is -0.560. The van der Waals surface area contributed by atoms with E-state index in [0.717, 1.165) is 18.3 Å². The normalized spacial score (nSPS) is 53.9. The summed E-state index contributed by atoms with van der Waals surface area (Å²) in [4.78, 5) is 0. The van der Waals surface area contributed by atoms with E-state index in [4.69, 9.17) is 0 Å². The van der Waals surface area contributed by atoms with Gasteiger partial charge in [-0.3, -0.25) is 0 Å². The molecule has 1 nitrogen and oxygen atoms in total. The molecule has 1 N–H and O–H groups in total. The fourth-order valence-corrected chi connectivity index (χ4v) is 6.08. The van der Waals surface area contributed by atoms with E-state index in [0.29, 0.717) is 11.3 Å². The van der Waals surface area contributed by atoms with Gasteiger partial charge in [0.05, 0.1) is 6.10 Å². The van der Waals surface area contributed by atoms with Crippen LogP contribution in [0.5, 0.6) is 0 Å². The van der Waals surface area contributed by atoms with Crippen LogP contribution in [0.25, 0.3) is 0 Å². The second kappa shape index (κ2) is 4.22. The van der Waals surface area contributed by atoms with Crippen LogP contribution in [0.15, 0.2) is 23.8 Å². The minimum atomic E-state index is -0.203. The summed E-state index contributed by atoms with van der Waals surface area (Å²) in [5.41, 5.74) is 2.57. The summed E-state index contributed by atoms with van der Waals surface area (Å²) in [6, 6.07) is 0. The summed E-state index contributed by atoms with van der Waals surface area (Å²) >= 11 is 0. The molecule has 0 aromatic rings. The van der Waals surface area contributed by atoms with E-state index in [2.05, 4.69) is 32.1 Å². The van der Waals surface area contributed by atoms with Crippen molar-refractivity contribution < 1.29 is 5.11 Å². The zero-order valence-corrected chi connectivity index (χ0v) is 12.9. The molecule has 20 heavy (non-hydrogen) atoms. The Morgan fingerprint density at radius 3 is 2.90 bits per heavy atom. The number of hydrogen-bond acceptors (Lipinski definition) is 1. The average molecular weight is 272 g/mol. The van der Waals surface area contributed by atoms with E-state index in [9.17, 15) is 5.11 Å². The van der Waals surface area contributed by atoms with Crippen molar-refractivity contribution in [3.05, 3.63) is 23.8 Å². The maximum absolute atomic E-state index is 9.94. The Kier molecular flexibility index (Phi) is 2.77. The number of allylic oxidation sites excluding steroid dienone is 3. The van der Waals surface area contributed by atoms with Gasteiger partial charge in [0.2, 0.25) is 0 Å². The first kappa shape index (κ1) is 13.1. The Morgan fingerprint density at radius 2 is 2.05 bits per heavy atom. The van der Waals surface area contributed by atoms with Gasteiger partial charge in [-0.25, -0.2) is 0 Å². The molecule has 2 fully saturated rings. The first-order chi connectivity index (χ1) is 9.53. The molecule has 0 aliphatic heterocycles. The van der Waals surface area contributed by atoms with Crippen LogP contribution in [0.3, 0.4) is 0 Å². The van der Waals surface area contributed by atoms with Gasteiger partial charge in [-0.2, -0.15) is 0 Å². The predicted octanol–water partition coefficient (Wildman–Crippen LogP) is 4.48. The lowest BCUT2D eigenvalue weighted by atomic mass is 9.51. The Bertz CT molecular complexity index is 476. The molecule has 1 heteroatoms. The van der Waals surface area contributed by atoms with Crippen LogP contribution < -0.4 is 0 Å². The van der Waals surface area contributed by atoms with E-state index < -0.39 is 0 Å². The molecule has 0 bridgehead atoms. The minimum Gasteiger partial charge on any atom is -0.389 e. The van der Waals surface area contributed by atoms with Gasteiger partial charge in [-0.05, 0) is 61.7 Å². The molecular weight excluding hydrogens is 244 g/mol. The summed E-state index contributed by atoms with van der Waals surface area (Å²) < 4.78 is 0. The number of aliphatic hydroxyl groups is 1. The molecule has 2 unspecified atom stereocenters. The highest BCUT2D eigenvalue weighted by Gasteiger charge is 2.53. The maximum Gasteiger partial charge on any atom is 0.0724 e. The molecule has 110 valence electrons. The van der Waals surface area contributed by atoms with Crippen molar-refractivity contribution in [2.45, 2.75) is 64.9 Å². The van der Waals surface area contributed by atoms with Crippen LogP contribution in [0.4, 0.5) is 0 Å². The third-order valence-corrected chi connectivity index (χ3v) is 7.32. The Morgan fingerprint density at radius 1 is 1.20 bits per heavy atom.